The van der Waals surface area contributed by atoms with Crippen LogP contribution in [0.3, 0.4) is 0 Å². The first-order chi connectivity index (χ1) is 15.0. The summed E-state index contributed by atoms with van der Waals surface area (Å²) in [6, 6.07) is 13.5. The number of hydrogen-bond donors (Lipinski definition) is 1. The van der Waals surface area contributed by atoms with Gasteiger partial charge in [0, 0.05) is 0 Å². The lowest BCUT2D eigenvalue weighted by atomic mass is 10.1. The normalized spacial score (nSPS) is 10.7. The first kappa shape index (κ1) is 23.8. The van der Waals surface area contributed by atoms with Gasteiger partial charge in [0.05, 0.1) is 24.4 Å². The molecule has 2 rings (SSSR count). The van der Waals surface area contributed by atoms with Gasteiger partial charge in [-0.2, -0.15) is 5.26 Å². The predicted octanol–water partition coefficient (Wildman–Crippen LogP) is 4.62. The highest BCUT2D eigenvalue weighted by Crippen LogP contribution is 2.29. The Balaban J connectivity index is 2.05. The molecule has 2 aromatic rings. The SMILES string of the molecule is CCCCOC(=O)/C(C#N)=C/c1ccc(OCC(=O)Nc2ccccc2Cl)c(OC)c1. The van der Waals surface area contributed by atoms with Crippen molar-refractivity contribution >= 4 is 35.2 Å². The molecule has 31 heavy (non-hydrogen) atoms. The number of amides is 1. The van der Waals surface area contributed by atoms with E-state index in [9.17, 15) is 14.9 Å². The summed E-state index contributed by atoms with van der Waals surface area (Å²) in [5, 5.41) is 12.3. The third kappa shape index (κ3) is 7.36. The van der Waals surface area contributed by atoms with Crippen molar-refractivity contribution in [2.45, 2.75) is 19.8 Å². The van der Waals surface area contributed by atoms with E-state index in [0.717, 1.165) is 12.8 Å². The number of hydrogen-bond acceptors (Lipinski definition) is 6. The van der Waals surface area contributed by atoms with Crippen LogP contribution in [0.5, 0.6) is 11.5 Å². The molecule has 7 nitrogen and oxygen atoms in total. The number of nitrogens with zero attached hydrogens (tertiary/aromatic N) is 1. The number of ether oxygens (including phenoxy) is 3. The molecule has 162 valence electrons. The standard InChI is InChI=1S/C23H23ClN2O5/c1-3-4-11-30-23(28)17(14-25)12-16-9-10-20(21(13-16)29-2)31-15-22(27)26-19-8-6-5-7-18(19)24/h5-10,12-13H,3-4,11,15H2,1-2H3,(H,26,27)/b17-12+. The second-order valence-corrected chi connectivity index (χ2v) is 6.79. The van der Waals surface area contributed by atoms with E-state index in [0.29, 0.717) is 27.8 Å². The Kier molecular flexibility index (Phi) is 9.40. The molecule has 0 aliphatic heterocycles. The van der Waals surface area contributed by atoms with Crippen LogP contribution in [0.25, 0.3) is 6.08 Å². The number of carbonyl (C=O) groups is 2. The fourth-order valence-electron chi connectivity index (χ4n) is 2.48. The maximum atomic E-state index is 12.1. The summed E-state index contributed by atoms with van der Waals surface area (Å²) in [6.45, 7) is 1.98. The molecular formula is C23H23ClN2O5. The lowest BCUT2D eigenvalue weighted by molar-refractivity contribution is -0.138. The molecule has 0 atom stereocenters. The van der Waals surface area contributed by atoms with Crippen LogP contribution in [-0.4, -0.2) is 32.2 Å². The van der Waals surface area contributed by atoms with E-state index in [1.54, 1.807) is 42.5 Å². The van der Waals surface area contributed by atoms with Gasteiger partial charge in [0.25, 0.3) is 5.91 Å². The first-order valence-corrected chi connectivity index (χ1v) is 10.0. The van der Waals surface area contributed by atoms with Crippen LogP contribution in [0.1, 0.15) is 25.3 Å². The van der Waals surface area contributed by atoms with Gasteiger partial charge in [-0.15, -0.1) is 0 Å². The molecular weight excluding hydrogens is 420 g/mol. The number of carbonyl (C=O) groups excluding carboxylic acids is 2. The van der Waals surface area contributed by atoms with Crippen molar-refractivity contribution in [2.24, 2.45) is 0 Å². The van der Waals surface area contributed by atoms with E-state index in [4.69, 9.17) is 25.8 Å². The molecule has 1 amide bonds. The predicted molar refractivity (Wildman–Crippen MR) is 118 cm³/mol. The molecule has 0 saturated heterocycles. The highest BCUT2D eigenvalue weighted by atomic mass is 35.5. The van der Waals surface area contributed by atoms with Gasteiger partial charge in [-0.3, -0.25) is 4.79 Å². The third-order valence-corrected chi connectivity index (χ3v) is 4.41. The Morgan fingerprint density at radius 2 is 1.97 bits per heavy atom. The molecule has 0 aliphatic rings. The van der Waals surface area contributed by atoms with Gasteiger partial charge >= 0.3 is 5.97 Å². The fourth-order valence-corrected chi connectivity index (χ4v) is 2.66. The maximum absolute atomic E-state index is 12.1. The van der Waals surface area contributed by atoms with Gasteiger partial charge < -0.3 is 19.5 Å². The quantitative estimate of drug-likeness (QED) is 0.249. The zero-order valence-corrected chi connectivity index (χ0v) is 18.1. The third-order valence-electron chi connectivity index (χ3n) is 4.08. The molecule has 1 N–H and O–H groups in total. The van der Waals surface area contributed by atoms with Crippen LogP contribution in [0.15, 0.2) is 48.0 Å². The number of halogens is 1. The number of benzene rings is 2. The van der Waals surface area contributed by atoms with Crippen molar-refractivity contribution in [3.8, 4) is 17.6 Å². The average molecular weight is 443 g/mol. The minimum absolute atomic E-state index is 0.119. The molecule has 0 bridgehead atoms. The number of nitriles is 1. The lowest BCUT2D eigenvalue weighted by Gasteiger charge is -2.12. The Morgan fingerprint density at radius 1 is 1.19 bits per heavy atom. The Hall–Kier alpha value is -3.50. The molecule has 8 heteroatoms. The van der Waals surface area contributed by atoms with Crippen molar-refractivity contribution in [3.05, 3.63) is 58.6 Å². The first-order valence-electron chi connectivity index (χ1n) is 9.62. The summed E-state index contributed by atoms with van der Waals surface area (Å²) in [5.74, 6) is -0.388. The average Bonchev–Trinajstić information content (AvgIpc) is 2.78. The van der Waals surface area contributed by atoms with Gasteiger partial charge in [0.2, 0.25) is 0 Å². The Labute approximate surface area is 186 Å². The second kappa shape index (κ2) is 12.3. The summed E-state index contributed by atoms with van der Waals surface area (Å²) in [7, 11) is 1.45. The minimum atomic E-state index is -0.675. The molecule has 2 aromatic carbocycles. The van der Waals surface area contributed by atoms with Gasteiger partial charge in [-0.05, 0) is 42.3 Å². The Bertz CT molecular complexity index is 998. The molecule has 0 saturated carbocycles. The number of rotatable bonds is 10. The molecule has 0 aliphatic carbocycles. The summed E-state index contributed by atoms with van der Waals surface area (Å²) in [6.07, 6.45) is 3.02. The van der Waals surface area contributed by atoms with Gasteiger partial charge in [0.15, 0.2) is 18.1 Å². The van der Waals surface area contributed by atoms with Crippen molar-refractivity contribution in [3.63, 3.8) is 0 Å². The fraction of sp³-hybridized carbons (Fsp3) is 0.261. The lowest BCUT2D eigenvalue weighted by Crippen LogP contribution is -2.20. The van der Waals surface area contributed by atoms with Gasteiger partial charge in [0.1, 0.15) is 11.6 Å². The van der Waals surface area contributed by atoms with Crippen molar-refractivity contribution < 1.29 is 23.8 Å². The van der Waals surface area contributed by atoms with E-state index < -0.39 is 5.97 Å². The molecule has 0 unspecified atom stereocenters. The number of para-hydroxylation sites is 1. The van der Waals surface area contributed by atoms with Crippen LogP contribution in [0.2, 0.25) is 5.02 Å². The molecule has 0 heterocycles. The van der Waals surface area contributed by atoms with Crippen LogP contribution in [-0.2, 0) is 14.3 Å². The zero-order valence-electron chi connectivity index (χ0n) is 17.3. The Morgan fingerprint density at radius 3 is 2.65 bits per heavy atom. The van der Waals surface area contributed by atoms with E-state index >= 15 is 0 Å². The van der Waals surface area contributed by atoms with E-state index in [2.05, 4.69) is 5.32 Å². The number of esters is 1. The van der Waals surface area contributed by atoms with Crippen LogP contribution in [0.4, 0.5) is 5.69 Å². The topological polar surface area (TPSA) is 97.7 Å². The van der Waals surface area contributed by atoms with Crippen molar-refractivity contribution in [1.82, 2.24) is 0 Å². The van der Waals surface area contributed by atoms with Crippen molar-refractivity contribution in [1.29, 1.82) is 5.26 Å². The van der Waals surface area contributed by atoms with Gasteiger partial charge in [-0.25, -0.2) is 4.79 Å². The molecule has 0 spiro atoms. The highest BCUT2D eigenvalue weighted by Gasteiger charge is 2.13. The number of unbranched alkanes of at least 4 members (excludes halogenated alkanes) is 1. The van der Waals surface area contributed by atoms with E-state index in [1.165, 1.54) is 13.2 Å². The highest BCUT2D eigenvalue weighted by molar-refractivity contribution is 6.33. The van der Waals surface area contributed by atoms with Crippen molar-refractivity contribution in [2.75, 3.05) is 25.6 Å². The van der Waals surface area contributed by atoms with E-state index in [-0.39, 0.29) is 24.7 Å². The largest absolute Gasteiger partial charge is 0.493 e. The summed E-state index contributed by atoms with van der Waals surface area (Å²) >= 11 is 6.02. The zero-order chi connectivity index (χ0) is 22.6. The maximum Gasteiger partial charge on any atom is 0.348 e. The number of anilines is 1. The van der Waals surface area contributed by atoms with Crippen LogP contribution >= 0.6 is 11.6 Å². The van der Waals surface area contributed by atoms with Crippen LogP contribution < -0.4 is 14.8 Å². The number of methoxy groups -OCH3 is 1. The number of nitrogens with one attached hydrogen (secondary N) is 1. The smallest absolute Gasteiger partial charge is 0.348 e. The summed E-state index contributed by atoms with van der Waals surface area (Å²) in [5.41, 5.74) is 0.916. The summed E-state index contributed by atoms with van der Waals surface area (Å²) in [4.78, 5) is 24.1. The van der Waals surface area contributed by atoms with Gasteiger partial charge in [-0.1, -0.05) is 43.1 Å². The molecule has 0 radical (unpaired) electrons. The molecule has 0 aromatic heterocycles. The van der Waals surface area contributed by atoms with Crippen LogP contribution in [0, 0.1) is 11.3 Å². The van der Waals surface area contributed by atoms with E-state index in [1.807, 2.05) is 13.0 Å². The molecule has 0 fully saturated rings. The monoisotopic (exact) mass is 442 g/mol. The summed E-state index contributed by atoms with van der Waals surface area (Å²) < 4.78 is 15.9. The second-order valence-electron chi connectivity index (χ2n) is 6.39. The minimum Gasteiger partial charge on any atom is -0.493 e.